The minimum atomic E-state index is 0.935. The van der Waals surface area contributed by atoms with Crippen LogP contribution in [0.5, 0.6) is 0 Å². The molecule has 0 unspecified atom stereocenters. The maximum absolute atomic E-state index is 4.37. The molecule has 3 aliphatic carbocycles. The highest BCUT2D eigenvalue weighted by Crippen LogP contribution is 2.40. The summed E-state index contributed by atoms with van der Waals surface area (Å²) in [6.45, 7) is 10.5. The lowest BCUT2D eigenvalue weighted by Gasteiger charge is -2.13. The van der Waals surface area contributed by atoms with Gasteiger partial charge in [0, 0.05) is 0 Å². The van der Waals surface area contributed by atoms with E-state index in [1.54, 1.807) is 5.57 Å². The lowest BCUT2D eigenvalue weighted by Crippen LogP contribution is -2.32. The molecule has 37 heavy (non-hydrogen) atoms. The lowest BCUT2D eigenvalue weighted by molar-refractivity contribution is 1.04. The van der Waals surface area contributed by atoms with Crippen LogP contribution in [-0.2, 0) is 12.8 Å². The Morgan fingerprint density at radius 1 is 0.919 bits per heavy atom. The Bertz CT molecular complexity index is 1680. The van der Waals surface area contributed by atoms with Crippen molar-refractivity contribution in [1.29, 1.82) is 0 Å². The van der Waals surface area contributed by atoms with Gasteiger partial charge in [-0.05, 0) is 104 Å². The summed E-state index contributed by atoms with van der Waals surface area (Å²) in [5, 5.41) is 2.57. The summed E-state index contributed by atoms with van der Waals surface area (Å²) in [5.74, 6) is 0. The van der Waals surface area contributed by atoms with Gasteiger partial charge in [-0.25, -0.2) is 0 Å². The van der Waals surface area contributed by atoms with Gasteiger partial charge in [-0.15, -0.1) is 0 Å². The van der Waals surface area contributed by atoms with Gasteiger partial charge in [0.25, 0.3) is 0 Å². The minimum absolute atomic E-state index is 0.935. The van der Waals surface area contributed by atoms with Gasteiger partial charge in [0.15, 0.2) is 0 Å². The predicted octanol–water partition coefficient (Wildman–Crippen LogP) is 7.99. The van der Waals surface area contributed by atoms with Crippen molar-refractivity contribution < 1.29 is 0 Å². The highest BCUT2D eigenvalue weighted by Gasteiger charge is 2.21. The Morgan fingerprint density at radius 2 is 1.76 bits per heavy atom. The molecule has 180 valence electrons. The SMILES string of the molecule is C=CC1=c2c(c(/C=C\C(=C)c3ccc(-c4ccc5c(c4)CC4=C5CCC=C4)cc3)cc/c2=C/C)CC=C1. The van der Waals surface area contributed by atoms with Crippen LogP contribution in [0.15, 0.2) is 110 Å². The monoisotopic (exact) mass is 476 g/mol. The van der Waals surface area contributed by atoms with E-state index in [4.69, 9.17) is 0 Å². The molecule has 0 spiro atoms. The summed E-state index contributed by atoms with van der Waals surface area (Å²) < 4.78 is 0. The standard InChI is InChI=1S/C37H32/c1-4-26-10-8-12-36-30(20-15-27(5-2)37(26)36)14-13-25(3)28-16-18-29(19-17-28)31-21-22-35-33(23-31)24-32-9-6-7-11-34(32)35/h4-6,8-10,13-23H,1,3,7,11-12,24H2,2H3/b14-13-,27-5-. The Labute approximate surface area is 220 Å². The van der Waals surface area contributed by atoms with Crippen molar-refractivity contribution in [3.05, 3.63) is 148 Å². The zero-order valence-electron chi connectivity index (χ0n) is 21.6. The fourth-order valence-corrected chi connectivity index (χ4v) is 5.97. The van der Waals surface area contributed by atoms with Crippen LogP contribution in [0.3, 0.4) is 0 Å². The highest BCUT2D eigenvalue weighted by molar-refractivity contribution is 5.83. The molecule has 6 rings (SSSR count). The summed E-state index contributed by atoms with van der Waals surface area (Å²) in [6, 6.07) is 20.2. The van der Waals surface area contributed by atoms with Crippen molar-refractivity contribution in [3.63, 3.8) is 0 Å². The molecule has 0 heterocycles. The minimum Gasteiger partial charge on any atom is -0.0984 e. The zero-order valence-corrected chi connectivity index (χ0v) is 21.6. The van der Waals surface area contributed by atoms with E-state index in [1.165, 1.54) is 61.4 Å². The van der Waals surface area contributed by atoms with Gasteiger partial charge < -0.3 is 0 Å². The summed E-state index contributed by atoms with van der Waals surface area (Å²) >= 11 is 0. The molecule has 0 fully saturated rings. The molecule has 0 saturated carbocycles. The van der Waals surface area contributed by atoms with Crippen molar-refractivity contribution in [2.75, 3.05) is 0 Å². The van der Waals surface area contributed by atoms with Gasteiger partial charge in [-0.1, -0.05) is 116 Å². The second-order valence-corrected chi connectivity index (χ2v) is 10.1. The number of allylic oxidation sites excluding steroid dienone is 9. The Hall–Kier alpha value is -4.16. The second kappa shape index (κ2) is 9.71. The van der Waals surface area contributed by atoms with Gasteiger partial charge in [0.1, 0.15) is 0 Å². The smallest absolute Gasteiger partial charge is 0.00167 e. The van der Waals surface area contributed by atoms with Crippen molar-refractivity contribution in [1.82, 2.24) is 0 Å². The number of fused-ring (bicyclic) bond motifs is 3. The van der Waals surface area contributed by atoms with Crippen molar-refractivity contribution in [3.8, 4) is 11.1 Å². The number of rotatable bonds is 5. The Morgan fingerprint density at radius 3 is 2.57 bits per heavy atom. The van der Waals surface area contributed by atoms with E-state index in [9.17, 15) is 0 Å². The summed E-state index contributed by atoms with van der Waals surface area (Å²) in [7, 11) is 0. The molecule has 0 amide bonds. The summed E-state index contributed by atoms with van der Waals surface area (Å²) in [6.07, 6.45) is 21.9. The Balaban J connectivity index is 1.24. The molecule has 0 N–H and O–H groups in total. The topological polar surface area (TPSA) is 0 Å². The summed E-state index contributed by atoms with van der Waals surface area (Å²) in [4.78, 5) is 0. The van der Waals surface area contributed by atoms with Crippen LogP contribution < -0.4 is 10.4 Å². The van der Waals surface area contributed by atoms with Crippen LogP contribution in [-0.4, -0.2) is 0 Å². The van der Waals surface area contributed by atoms with Crippen molar-refractivity contribution >= 4 is 28.9 Å². The van der Waals surface area contributed by atoms with Gasteiger partial charge >= 0.3 is 0 Å². The molecule has 0 bridgehead atoms. The molecular weight excluding hydrogens is 444 g/mol. The fourth-order valence-electron chi connectivity index (χ4n) is 5.97. The molecule has 0 atom stereocenters. The van der Waals surface area contributed by atoms with Gasteiger partial charge in [-0.3, -0.25) is 0 Å². The van der Waals surface area contributed by atoms with Crippen LogP contribution in [0.4, 0.5) is 0 Å². The highest BCUT2D eigenvalue weighted by atomic mass is 14.3. The number of hydrogen-bond acceptors (Lipinski definition) is 0. The van der Waals surface area contributed by atoms with Crippen LogP contribution in [0, 0.1) is 0 Å². The predicted molar refractivity (Wildman–Crippen MR) is 161 cm³/mol. The largest absolute Gasteiger partial charge is 0.0984 e. The molecule has 0 saturated heterocycles. The number of benzene rings is 3. The van der Waals surface area contributed by atoms with E-state index < -0.39 is 0 Å². The average molecular weight is 477 g/mol. The first-order valence-corrected chi connectivity index (χ1v) is 13.3. The number of hydrogen-bond donors (Lipinski definition) is 0. The molecule has 0 heteroatoms. The maximum atomic E-state index is 4.37. The van der Waals surface area contributed by atoms with Gasteiger partial charge in [0.05, 0.1) is 0 Å². The molecule has 0 radical (unpaired) electrons. The van der Waals surface area contributed by atoms with Gasteiger partial charge in [0.2, 0.25) is 0 Å². The van der Waals surface area contributed by atoms with E-state index >= 15 is 0 Å². The van der Waals surface area contributed by atoms with Crippen LogP contribution in [0.25, 0.3) is 40.0 Å². The molecule has 3 aromatic rings. The first kappa shape index (κ1) is 23.3. The molecule has 0 aliphatic heterocycles. The summed E-state index contributed by atoms with van der Waals surface area (Å²) in [5.41, 5.74) is 14.5. The third-order valence-electron chi connectivity index (χ3n) is 7.95. The molecule has 3 aliphatic rings. The first-order chi connectivity index (χ1) is 18.2. The van der Waals surface area contributed by atoms with Crippen molar-refractivity contribution in [2.45, 2.75) is 32.6 Å². The first-order valence-electron chi connectivity index (χ1n) is 13.3. The van der Waals surface area contributed by atoms with Gasteiger partial charge in [-0.2, -0.15) is 0 Å². The normalized spacial score (nSPS) is 16.2. The molecule has 3 aromatic carbocycles. The van der Waals surface area contributed by atoms with E-state index in [-0.39, 0.29) is 0 Å². The van der Waals surface area contributed by atoms with Crippen LogP contribution in [0.1, 0.15) is 47.6 Å². The average Bonchev–Trinajstić information content (AvgIpc) is 3.33. The molecule has 0 aromatic heterocycles. The molecular formula is C37H32. The lowest BCUT2D eigenvalue weighted by atomic mass is 9.92. The quantitative estimate of drug-likeness (QED) is 0.327. The Kier molecular flexibility index (Phi) is 6.10. The third kappa shape index (κ3) is 4.23. The van der Waals surface area contributed by atoms with Crippen LogP contribution in [0.2, 0.25) is 0 Å². The maximum Gasteiger partial charge on any atom is -0.00167 e. The van der Waals surface area contributed by atoms with E-state index in [1.807, 2.05) is 6.08 Å². The zero-order chi connectivity index (χ0) is 25.4. The van der Waals surface area contributed by atoms with E-state index in [2.05, 4.69) is 117 Å². The van der Waals surface area contributed by atoms with Crippen LogP contribution >= 0.6 is 0 Å². The van der Waals surface area contributed by atoms with E-state index in [0.717, 1.165) is 30.4 Å². The van der Waals surface area contributed by atoms with Crippen molar-refractivity contribution in [2.24, 2.45) is 0 Å². The third-order valence-corrected chi connectivity index (χ3v) is 7.95. The fraction of sp³-hybridized carbons (Fsp3) is 0.135. The second-order valence-electron chi connectivity index (χ2n) is 10.1. The molecule has 0 nitrogen and oxygen atoms in total. The van der Waals surface area contributed by atoms with E-state index in [0.29, 0.717) is 0 Å².